The third kappa shape index (κ3) is 3.77. The van der Waals surface area contributed by atoms with E-state index in [4.69, 9.17) is 9.47 Å². The fourth-order valence-corrected chi connectivity index (χ4v) is 3.16. The van der Waals surface area contributed by atoms with Crippen LogP contribution in [0.15, 0.2) is 64.3 Å². The first kappa shape index (κ1) is 18.5. The van der Waals surface area contributed by atoms with Crippen molar-refractivity contribution in [1.82, 2.24) is 14.5 Å². The Labute approximate surface area is 165 Å². The van der Waals surface area contributed by atoms with Gasteiger partial charge in [0.2, 0.25) is 6.79 Å². The lowest BCUT2D eigenvalue weighted by atomic mass is 10.2. The first-order valence-electron chi connectivity index (χ1n) is 9.03. The van der Waals surface area contributed by atoms with Crippen LogP contribution in [0, 0.1) is 0 Å². The lowest BCUT2D eigenvalue weighted by molar-refractivity contribution is 0.0782. The zero-order chi connectivity index (χ0) is 20.4. The summed E-state index contributed by atoms with van der Waals surface area (Å²) < 4.78 is 11.6. The number of carbonyl (C=O) groups is 1. The molecule has 0 aliphatic carbocycles. The van der Waals surface area contributed by atoms with Gasteiger partial charge in [-0.25, -0.2) is 4.79 Å². The van der Waals surface area contributed by atoms with Gasteiger partial charge in [0, 0.05) is 19.8 Å². The fraction of sp³-hybridized carbons (Fsp3) is 0.190. The summed E-state index contributed by atoms with van der Waals surface area (Å²) in [4.78, 5) is 41.8. The van der Waals surface area contributed by atoms with Crippen LogP contribution in [-0.2, 0) is 13.1 Å². The quantitative estimate of drug-likeness (QED) is 0.711. The van der Waals surface area contributed by atoms with Crippen molar-refractivity contribution < 1.29 is 14.3 Å². The number of rotatable bonds is 5. The number of hydrogen-bond acceptors (Lipinski definition) is 5. The number of aromatic amines is 1. The summed E-state index contributed by atoms with van der Waals surface area (Å²) in [5.74, 6) is 0.706. The van der Waals surface area contributed by atoms with E-state index in [1.807, 2.05) is 30.3 Å². The fourth-order valence-electron chi connectivity index (χ4n) is 3.16. The second-order valence-electron chi connectivity index (χ2n) is 6.73. The molecule has 1 amide bonds. The SMILES string of the molecule is CN(Cc1ccccc1)C(=O)c1c[nH]c(=O)n(Cc2ccc3c(c2)OCO3)c1=O. The standard InChI is InChI=1S/C21H19N3O5/c1-23(11-14-5-3-2-4-6-14)19(25)16-10-22-21(27)24(20(16)26)12-15-7-8-17-18(9-15)29-13-28-17/h2-10H,11-13H2,1H3,(H,22,27). The van der Waals surface area contributed by atoms with Gasteiger partial charge in [-0.3, -0.25) is 14.2 Å². The van der Waals surface area contributed by atoms with Crippen LogP contribution in [0.5, 0.6) is 11.5 Å². The number of fused-ring (bicyclic) bond motifs is 1. The second kappa shape index (κ2) is 7.67. The van der Waals surface area contributed by atoms with E-state index in [1.165, 1.54) is 11.1 Å². The van der Waals surface area contributed by atoms with Crippen molar-refractivity contribution in [1.29, 1.82) is 0 Å². The maximum atomic E-state index is 12.9. The van der Waals surface area contributed by atoms with E-state index in [0.29, 0.717) is 23.6 Å². The van der Waals surface area contributed by atoms with Crippen LogP contribution in [-0.4, -0.2) is 34.2 Å². The Kier molecular flexibility index (Phi) is 4.90. The molecule has 8 nitrogen and oxygen atoms in total. The minimum absolute atomic E-state index is 0.00826. The first-order chi connectivity index (χ1) is 14.0. The van der Waals surface area contributed by atoms with E-state index in [1.54, 1.807) is 25.2 Å². The summed E-state index contributed by atoms with van der Waals surface area (Å²) in [5.41, 5.74) is 0.299. The van der Waals surface area contributed by atoms with E-state index < -0.39 is 17.2 Å². The highest BCUT2D eigenvalue weighted by Gasteiger charge is 2.20. The summed E-state index contributed by atoms with van der Waals surface area (Å²) in [7, 11) is 1.61. The van der Waals surface area contributed by atoms with Crippen LogP contribution in [0.4, 0.5) is 0 Å². The van der Waals surface area contributed by atoms with Crippen LogP contribution < -0.4 is 20.7 Å². The number of nitrogens with zero attached hydrogens (tertiary/aromatic N) is 2. The van der Waals surface area contributed by atoms with Gasteiger partial charge in [0.05, 0.1) is 6.54 Å². The molecule has 1 N–H and O–H groups in total. The Bertz CT molecular complexity index is 1170. The molecule has 0 spiro atoms. The van der Waals surface area contributed by atoms with Gasteiger partial charge >= 0.3 is 5.69 Å². The highest BCUT2D eigenvalue weighted by molar-refractivity contribution is 5.93. The molecule has 1 aliphatic heterocycles. The average molecular weight is 393 g/mol. The summed E-state index contributed by atoms with van der Waals surface area (Å²) in [6.07, 6.45) is 1.17. The number of aromatic nitrogens is 2. The molecule has 1 aromatic heterocycles. The van der Waals surface area contributed by atoms with Crippen molar-refractivity contribution in [3.8, 4) is 11.5 Å². The second-order valence-corrected chi connectivity index (χ2v) is 6.73. The largest absolute Gasteiger partial charge is 0.454 e. The minimum atomic E-state index is -0.642. The van der Waals surface area contributed by atoms with Crippen molar-refractivity contribution in [3.63, 3.8) is 0 Å². The smallest absolute Gasteiger partial charge is 0.328 e. The van der Waals surface area contributed by atoms with Gasteiger partial charge in [0.1, 0.15) is 5.56 Å². The maximum absolute atomic E-state index is 12.9. The molecule has 0 unspecified atom stereocenters. The van der Waals surface area contributed by atoms with Gasteiger partial charge in [-0.15, -0.1) is 0 Å². The Morgan fingerprint density at radius 1 is 1.07 bits per heavy atom. The number of H-pyrrole nitrogens is 1. The van der Waals surface area contributed by atoms with E-state index in [9.17, 15) is 14.4 Å². The minimum Gasteiger partial charge on any atom is -0.454 e. The molecule has 4 rings (SSSR count). The number of hydrogen-bond donors (Lipinski definition) is 1. The van der Waals surface area contributed by atoms with Gasteiger partial charge in [-0.2, -0.15) is 0 Å². The van der Waals surface area contributed by atoms with Crippen LogP contribution in [0.1, 0.15) is 21.5 Å². The highest BCUT2D eigenvalue weighted by atomic mass is 16.7. The normalized spacial score (nSPS) is 12.0. The van der Waals surface area contributed by atoms with Crippen LogP contribution in [0.2, 0.25) is 0 Å². The maximum Gasteiger partial charge on any atom is 0.328 e. The molecule has 0 saturated heterocycles. The molecule has 3 aromatic rings. The van der Waals surface area contributed by atoms with Crippen molar-refractivity contribution >= 4 is 5.91 Å². The predicted molar refractivity (Wildman–Crippen MR) is 105 cm³/mol. The molecular formula is C21H19N3O5. The predicted octanol–water partition coefficient (Wildman–Crippen LogP) is 1.59. The molecule has 148 valence electrons. The van der Waals surface area contributed by atoms with Crippen LogP contribution in [0.25, 0.3) is 0 Å². The van der Waals surface area contributed by atoms with E-state index >= 15 is 0 Å². The third-order valence-electron chi connectivity index (χ3n) is 4.68. The highest BCUT2D eigenvalue weighted by Crippen LogP contribution is 2.32. The number of benzene rings is 2. The van der Waals surface area contributed by atoms with Crippen molar-refractivity contribution in [2.45, 2.75) is 13.1 Å². The summed E-state index contributed by atoms with van der Waals surface area (Å²) in [5, 5.41) is 0. The molecule has 8 heteroatoms. The Hall–Kier alpha value is -3.81. The zero-order valence-electron chi connectivity index (χ0n) is 15.8. The average Bonchev–Trinajstić information content (AvgIpc) is 3.19. The number of nitrogens with one attached hydrogen (secondary N) is 1. The summed E-state index contributed by atoms with van der Waals surface area (Å²) in [6, 6.07) is 14.6. The van der Waals surface area contributed by atoms with Crippen LogP contribution >= 0.6 is 0 Å². The lowest BCUT2D eigenvalue weighted by Crippen LogP contribution is -2.41. The Morgan fingerprint density at radius 2 is 1.83 bits per heavy atom. The Balaban J connectivity index is 1.60. The van der Waals surface area contributed by atoms with Crippen molar-refractivity contribution in [3.05, 3.63) is 92.3 Å². The van der Waals surface area contributed by atoms with Gasteiger partial charge in [-0.05, 0) is 23.3 Å². The van der Waals surface area contributed by atoms with E-state index in [-0.39, 0.29) is 18.9 Å². The molecule has 0 bridgehead atoms. The summed E-state index contributed by atoms with van der Waals surface area (Å²) >= 11 is 0. The monoisotopic (exact) mass is 393 g/mol. The van der Waals surface area contributed by atoms with Crippen LogP contribution in [0.3, 0.4) is 0 Å². The van der Waals surface area contributed by atoms with Gasteiger partial charge in [0.15, 0.2) is 11.5 Å². The number of ether oxygens (including phenoxy) is 2. The number of carbonyl (C=O) groups excluding carboxylic acids is 1. The number of amides is 1. The lowest BCUT2D eigenvalue weighted by Gasteiger charge is -2.17. The molecule has 2 aromatic carbocycles. The van der Waals surface area contributed by atoms with Crippen molar-refractivity contribution in [2.24, 2.45) is 0 Å². The van der Waals surface area contributed by atoms with Crippen molar-refractivity contribution in [2.75, 3.05) is 13.8 Å². The third-order valence-corrected chi connectivity index (χ3v) is 4.68. The molecule has 0 atom stereocenters. The topological polar surface area (TPSA) is 93.6 Å². The molecule has 29 heavy (non-hydrogen) atoms. The molecule has 0 saturated carbocycles. The zero-order valence-corrected chi connectivity index (χ0v) is 15.8. The molecular weight excluding hydrogens is 374 g/mol. The molecule has 2 heterocycles. The molecule has 1 aliphatic rings. The first-order valence-corrected chi connectivity index (χ1v) is 9.03. The van der Waals surface area contributed by atoms with E-state index in [0.717, 1.165) is 10.1 Å². The van der Waals surface area contributed by atoms with Gasteiger partial charge in [-0.1, -0.05) is 36.4 Å². The summed E-state index contributed by atoms with van der Waals surface area (Å²) in [6.45, 7) is 0.492. The molecule has 0 fully saturated rings. The molecule has 0 radical (unpaired) electrons. The van der Waals surface area contributed by atoms with Gasteiger partial charge in [0.25, 0.3) is 11.5 Å². The Morgan fingerprint density at radius 3 is 2.62 bits per heavy atom. The van der Waals surface area contributed by atoms with Gasteiger partial charge < -0.3 is 19.4 Å². The van der Waals surface area contributed by atoms with E-state index in [2.05, 4.69) is 4.98 Å².